The Morgan fingerprint density at radius 1 is 1.22 bits per heavy atom. The van der Waals surface area contributed by atoms with Gasteiger partial charge in [-0.05, 0) is 24.8 Å². The molecule has 0 radical (unpaired) electrons. The van der Waals surface area contributed by atoms with Crippen molar-refractivity contribution in [1.82, 2.24) is 9.97 Å². The molecule has 1 fully saturated rings. The molecule has 2 heterocycles. The Labute approximate surface area is 115 Å². The molecule has 2 aromatic rings. The van der Waals surface area contributed by atoms with Gasteiger partial charge in [-0.1, -0.05) is 34.1 Å². The number of rotatable bonds is 2. The summed E-state index contributed by atoms with van der Waals surface area (Å²) in [6, 6.07) is 8.14. The molecule has 1 saturated heterocycles. The zero-order valence-electron chi connectivity index (χ0n) is 10.2. The van der Waals surface area contributed by atoms with Crippen molar-refractivity contribution in [2.75, 3.05) is 23.3 Å². The molecular formula is C14H16BrN3. The zero-order chi connectivity index (χ0) is 12.4. The van der Waals surface area contributed by atoms with Gasteiger partial charge in [0.2, 0.25) is 5.95 Å². The van der Waals surface area contributed by atoms with E-state index in [1.807, 2.05) is 24.4 Å². The third kappa shape index (κ3) is 2.34. The Morgan fingerprint density at radius 3 is 2.78 bits per heavy atom. The number of alkyl halides is 1. The fraction of sp³-hybridized carbons (Fsp3) is 0.429. The maximum atomic E-state index is 4.65. The highest BCUT2D eigenvalue weighted by molar-refractivity contribution is 9.09. The minimum absolute atomic E-state index is 0.807. The lowest BCUT2D eigenvalue weighted by molar-refractivity contribution is 0.443. The first-order valence-corrected chi connectivity index (χ1v) is 7.51. The van der Waals surface area contributed by atoms with Gasteiger partial charge in [-0.25, -0.2) is 9.97 Å². The van der Waals surface area contributed by atoms with Gasteiger partial charge in [-0.15, -0.1) is 0 Å². The highest BCUT2D eigenvalue weighted by Gasteiger charge is 2.20. The van der Waals surface area contributed by atoms with E-state index < -0.39 is 0 Å². The molecule has 18 heavy (non-hydrogen) atoms. The molecule has 0 unspecified atom stereocenters. The number of anilines is 1. The summed E-state index contributed by atoms with van der Waals surface area (Å²) in [5, 5.41) is 2.22. The Balaban J connectivity index is 1.82. The lowest BCUT2D eigenvalue weighted by Gasteiger charge is -2.31. The topological polar surface area (TPSA) is 29.0 Å². The van der Waals surface area contributed by atoms with Gasteiger partial charge in [0.1, 0.15) is 0 Å². The van der Waals surface area contributed by atoms with Crippen LogP contribution in [0.25, 0.3) is 10.9 Å². The molecule has 1 aromatic heterocycles. The molecule has 1 aliphatic heterocycles. The first kappa shape index (κ1) is 11.9. The molecule has 0 spiro atoms. The van der Waals surface area contributed by atoms with Crippen molar-refractivity contribution < 1.29 is 0 Å². The standard InChI is InChI=1S/C14H16BrN3/c15-9-11-5-7-18(8-6-11)14-16-10-12-3-1-2-4-13(12)17-14/h1-4,10-11H,5-9H2. The molecular weight excluding hydrogens is 290 g/mol. The highest BCUT2D eigenvalue weighted by atomic mass is 79.9. The van der Waals surface area contributed by atoms with E-state index in [1.54, 1.807) is 0 Å². The minimum atomic E-state index is 0.807. The Morgan fingerprint density at radius 2 is 2.00 bits per heavy atom. The highest BCUT2D eigenvalue weighted by Crippen LogP contribution is 2.23. The van der Waals surface area contributed by atoms with Gasteiger partial charge in [0.05, 0.1) is 5.52 Å². The van der Waals surface area contributed by atoms with Gasteiger partial charge in [-0.2, -0.15) is 0 Å². The number of benzene rings is 1. The number of para-hydroxylation sites is 1. The quantitative estimate of drug-likeness (QED) is 0.798. The lowest BCUT2D eigenvalue weighted by Crippen LogP contribution is -2.35. The SMILES string of the molecule is BrCC1CCN(c2ncc3ccccc3n2)CC1. The molecule has 0 bridgehead atoms. The molecule has 1 aromatic carbocycles. The van der Waals surface area contributed by atoms with Crippen LogP contribution in [0.2, 0.25) is 0 Å². The van der Waals surface area contributed by atoms with Crippen LogP contribution in [0.5, 0.6) is 0 Å². The summed E-state index contributed by atoms with van der Waals surface area (Å²) in [5.74, 6) is 1.68. The zero-order valence-corrected chi connectivity index (χ0v) is 11.8. The molecule has 0 atom stereocenters. The maximum Gasteiger partial charge on any atom is 0.225 e. The van der Waals surface area contributed by atoms with Crippen molar-refractivity contribution in [3.05, 3.63) is 30.5 Å². The fourth-order valence-corrected chi connectivity index (χ4v) is 3.05. The van der Waals surface area contributed by atoms with Gasteiger partial charge in [0.25, 0.3) is 0 Å². The van der Waals surface area contributed by atoms with Crippen LogP contribution in [0.4, 0.5) is 5.95 Å². The predicted octanol–water partition coefficient (Wildman–Crippen LogP) is 3.24. The number of hydrogen-bond donors (Lipinski definition) is 0. The van der Waals surface area contributed by atoms with Crippen LogP contribution in [0.1, 0.15) is 12.8 Å². The van der Waals surface area contributed by atoms with Crippen molar-refractivity contribution in [3.63, 3.8) is 0 Å². The summed E-state index contributed by atoms with van der Waals surface area (Å²) in [6.45, 7) is 2.13. The summed E-state index contributed by atoms with van der Waals surface area (Å²) in [5.41, 5.74) is 1.03. The van der Waals surface area contributed by atoms with E-state index >= 15 is 0 Å². The van der Waals surface area contributed by atoms with Crippen molar-refractivity contribution in [1.29, 1.82) is 0 Å². The summed E-state index contributed by atoms with van der Waals surface area (Å²) < 4.78 is 0. The van der Waals surface area contributed by atoms with Crippen molar-refractivity contribution in [2.24, 2.45) is 5.92 Å². The molecule has 94 valence electrons. The van der Waals surface area contributed by atoms with Gasteiger partial charge in [-0.3, -0.25) is 0 Å². The lowest BCUT2D eigenvalue weighted by atomic mass is 9.99. The average molecular weight is 306 g/mol. The molecule has 3 nitrogen and oxygen atoms in total. The smallest absolute Gasteiger partial charge is 0.225 e. The van der Waals surface area contributed by atoms with E-state index in [9.17, 15) is 0 Å². The Bertz CT molecular complexity index is 535. The second kappa shape index (κ2) is 5.22. The molecule has 0 saturated carbocycles. The van der Waals surface area contributed by atoms with Crippen LogP contribution in [0.15, 0.2) is 30.5 Å². The molecule has 0 aliphatic carbocycles. The second-order valence-electron chi connectivity index (χ2n) is 4.81. The summed E-state index contributed by atoms with van der Waals surface area (Å²) >= 11 is 3.57. The number of piperidine rings is 1. The molecule has 3 rings (SSSR count). The van der Waals surface area contributed by atoms with E-state index in [4.69, 9.17) is 0 Å². The molecule has 0 amide bonds. The summed E-state index contributed by atoms with van der Waals surface area (Å²) in [4.78, 5) is 11.4. The first-order valence-electron chi connectivity index (χ1n) is 6.39. The minimum Gasteiger partial charge on any atom is -0.341 e. The van der Waals surface area contributed by atoms with Crippen LogP contribution in [0.3, 0.4) is 0 Å². The van der Waals surface area contributed by atoms with Crippen LogP contribution in [-0.2, 0) is 0 Å². The molecule has 1 aliphatic rings. The van der Waals surface area contributed by atoms with Gasteiger partial charge >= 0.3 is 0 Å². The molecule has 4 heteroatoms. The normalized spacial score (nSPS) is 17.3. The number of nitrogens with zero attached hydrogens (tertiary/aromatic N) is 3. The number of halogens is 1. The third-order valence-corrected chi connectivity index (χ3v) is 4.51. The van der Waals surface area contributed by atoms with Crippen LogP contribution in [0, 0.1) is 5.92 Å². The Kier molecular flexibility index (Phi) is 3.46. The maximum absolute atomic E-state index is 4.65. The van der Waals surface area contributed by atoms with E-state index in [2.05, 4.69) is 36.9 Å². The van der Waals surface area contributed by atoms with Crippen LogP contribution >= 0.6 is 15.9 Å². The summed E-state index contributed by atoms with van der Waals surface area (Å²) in [6.07, 6.45) is 4.37. The first-order chi connectivity index (χ1) is 8.86. The van der Waals surface area contributed by atoms with Crippen LogP contribution < -0.4 is 4.90 Å². The predicted molar refractivity (Wildman–Crippen MR) is 78.3 cm³/mol. The van der Waals surface area contributed by atoms with Crippen molar-refractivity contribution >= 4 is 32.8 Å². The number of hydrogen-bond acceptors (Lipinski definition) is 3. The van der Waals surface area contributed by atoms with Crippen molar-refractivity contribution in [2.45, 2.75) is 12.8 Å². The van der Waals surface area contributed by atoms with E-state index in [0.29, 0.717) is 0 Å². The van der Waals surface area contributed by atoms with E-state index in [0.717, 1.165) is 41.2 Å². The second-order valence-corrected chi connectivity index (χ2v) is 5.46. The molecule has 0 N–H and O–H groups in total. The van der Waals surface area contributed by atoms with Crippen molar-refractivity contribution in [3.8, 4) is 0 Å². The number of fused-ring (bicyclic) bond motifs is 1. The number of aromatic nitrogens is 2. The monoisotopic (exact) mass is 305 g/mol. The summed E-state index contributed by atoms with van der Waals surface area (Å²) in [7, 11) is 0. The van der Waals surface area contributed by atoms with E-state index in [-0.39, 0.29) is 0 Å². The Hall–Kier alpha value is -1.16. The largest absolute Gasteiger partial charge is 0.341 e. The third-order valence-electron chi connectivity index (χ3n) is 3.59. The van der Waals surface area contributed by atoms with Gasteiger partial charge < -0.3 is 4.90 Å². The average Bonchev–Trinajstić information content (AvgIpc) is 2.47. The van der Waals surface area contributed by atoms with Crippen LogP contribution in [-0.4, -0.2) is 28.4 Å². The van der Waals surface area contributed by atoms with Gasteiger partial charge in [0.15, 0.2) is 0 Å². The van der Waals surface area contributed by atoms with Gasteiger partial charge in [0, 0.05) is 30.0 Å². The fourth-order valence-electron chi connectivity index (χ4n) is 2.40. The van der Waals surface area contributed by atoms with E-state index in [1.165, 1.54) is 12.8 Å².